The number of hydrogen-bond donors (Lipinski definition) is 2. The second kappa shape index (κ2) is 16.2. The first kappa shape index (κ1) is 34.2. The summed E-state index contributed by atoms with van der Waals surface area (Å²) in [5.74, 6) is 1.94. The van der Waals surface area contributed by atoms with Crippen molar-refractivity contribution in [2.75, 3.05) is 19.0 Å². The predicted octanol–water partition coefficient (Wildman–Crippen LogP) is 5.35. The van der Waals surface area contributed by atoms with Crippen LogP contribution in [0.15, 0.2) is 67.9 Å². The summed E-state index contributed by atoms with van der Waals surface area (Å²) < 4.78 is 15.9. The van der Waals surface area contributed by atoms with Crippen LogP contribution in [0.25, 0.3) is 11.1 Å². The number of anilines is 2. The number of rotatable bonds is 15. The molecule has 1 aliphatic carbocycles. The molecule has 2 atom stereocenters. The Morgan fingerprint density at radius 2 is 1.86 bits per heavy atom. The molecule has 14 nitrogen and oxygen atoms in total. The molecular formula is C34H42ClN11O3. The van der Waals surface area contributed by atoms with Crippen molar-refractivity contribution in [2.24, 2.45) is 0 Å². The van der Waals surface area contributed by atoms with E-state index >= 15 is 0 Å². The molecule has 258 valence electrons. The van der Waals surface area contributed by atoms with Gasteiger partial charge in [0, 0.05) is 42.4 Å². The highest BCUT2D eigenvalue weighted by atomic mass is 35.5. The molecule has 6 rings (SSSR count). The number of ether oxygens (including phenoxy) is 2. The topological polar surface area (TPSA) is 154 Å². The Bertz CT molecular complexity index is 1740. The SMILES string of the molecule is CC[C@H](CO)N(C)C1CCC(n2cc(Nc3ncc(-c4ccc(Cl)c(O[C@@H](C)Cn5cncn5)c4)cn3)c(OCc3ncccn3)n2)CC1. The molecule has 0 spiro atoms. The van der Waals surface area contributed by atoms with Gasteiger partial charge >= 0.3 is 0 Å². The van der Waals surface area contributed by atoms with Gasteiger partial charge in [-0.05, 0) is 69.8 Å². The largest absolute Gasteiger partial charge is 0.487 e. The molecule has 0 radical (unpaired) electrons. The molecule has 0 amide bonds. The summed E-state index contributed by atoms with van der Waals surface area (Å²) in [5, 5.41) is 22.6. The van der Waals surface area contributed by atoms with E-state index in [2.05, 4.69) is 54.2 Å². The maximum Gasteiger partial charge on any atom is 0.257 e. The zero-order chi connectivity index (χ0) is 34.2. The van der Waals surface area contributed by atoms with Crippen LogP contribution in [0.5, 0.6) is 11.6 Å². The molecule has 49 heavy (non-hydrogen) atoms. The third-order valence-corrected chi connectivity index (χ3v) is 9.24. The lowest BCUT2D eigenvalue weighted by molar-refractivity contribution is 0.0775. The van der Waals surface area contributed by atoms with Gasteiger partial charge < -0.3 is 19.9 Å². The van der Waals surface area contributed by atoms with Crippen molar-refractivity contribution in [1.82, 2.24) is 49.4 Å². The third-order valence-electron chi connectivity index (χ3n) is 8.93. The molecule has 1 aliphatic rings. The Kier molecular flexibility index (Phi) is 11.3. The molecule has 1 fully saturated rings. The standard InChI is InChI=1S/C34H42ClN11O3/c1-4-26(19-47)44(3)27-7-9-28(10-8-27)46-18-30(33(43-46)48-20-32-37-12-5-13-38-32)42-34-39-15-25(16-40-34)24-6-11-29(35)31(14-24)49-23(2)17-45-22-36-21-41-45/h5-6,11-16,18,21-23,26-28,47H,4,7-10,17,19-20H2,1-3H3,(H,39,40,42)/t23-,26+,27?,28?/m0/s1. The lowest BCUT2D eigenvalue weighted by atomic mass is 9.89. The molecule has 5 aromatic rings. The lowest BCUT2D eigenvalue weighted by Crippen LogP contribution is -2.43. The van der Waals surface area contributed by atoms with Crippen molar-refractivity contribution in [1.29, 1.82) is 0 Å². The fourth-order valence-corrected chi connectivity index (χ4v) is 6.31. The molecule has 0 aliphatic heterocycles. The predicted molar refractivity (Wildman–Crippen MR) is 185 cm³/mol. The van der Waals surface area contributed by atoms with Crippen molar-refractivity contribution in [3.63, 3.8) is 0 Å². The van der Waals surface area contributed by atoms with Gasteiger partial charge in [-0.3, -0.25) is 9.58 Å². The van der Waals surface area contributed by atoms with E-state index in [4.69, 9.17) is 26.2 Å². The van der Waals surface area contributed by atoms with Crippen LogP contribution in [-0.2, 0) is 13.2 Å². The number of aliphatic hydroxyl groups excluding tert-OH is 1. The van der Waals surface area contributed by atoms with Gasteiger partial charge in [0.25, 0.3) is 5.88 Å². The van der Waals surface area contributed by atoms with Crippen LogP contribution in [0.3, 0.4) is 0 Å². The van der Waals surface area contributed by atoms with E-state index in [1.807, 2.05) is 29.9 Å². The van der Waals surface area contributed by atoms with Crippen LogP contribution >= 0.6 is 11.6 Å². The second-order valence-electron chi connectivity index (χ2n) is 12.3. The first-order valence-corrected chi connectivity index (χ1v) is 17.0. The zero-order valence-corrected chi connectivity index (χ0v) is 28.7. The number of nitrogens with zero attached hydrogens (tertiary/aromatic N) is 10. The van der Waals surface area contributed by atoms with E-state index in [-0.39, 0.29) is 31.4 Å². The third kappa shape index (κ3) is 8.69. The number of benzene rings is 1. The van der Waals surface area contributed by atoms with Gasteiger partial charge in [0.2, 0.25) is 5.95 Å². The fourth-order valence-electron chi connectivity index (χ4n) is 6.15. The quantitative estimate of drug-likeness (QED) is 0.146. The maximum atomic E-state index is 9.79. The van der Waals surface area contributed by atoms with Crippen LogP contribution in [-0.4, -0.2) is 86.3 Å². The Balaban J connectivity index is 1.15. The molecule has 2 N–H and O–H groups in total. The van der Waals surface area contributed by atoms with Crippen LogP contribution in [0.1, 0.15) is 57.8 Å². The molecule has 0 bridgehead atoms. The molecule has 0 saturated heterocycles. The average molecular weight is 688 g/mol. The van der Waals surface area contributed by atoms with E-state index in [0.717, 1.165) is 43.2 Å². The van der Waals surface area contributed by atoms with Crippen molar-refractivity contribution in [3.8, 4) is 22.8 Å². The molecule has 0 unspecified atom stereocenters. The van der Waals surface area contributed by atoms with Crippen LogP contribution < -0.4 is 14.8 Å². The molecule has 4 aromatic heterocycles. The number of halogens is 1. The number of likely N-dealkylation sites (N-methyl/N-ethyl adjacent to an activating group) is 1. The van der Waals surface area contributed by atoms with Crippen molar-refractivity contribution in [3.05, 3.63) is 78.8 Å². The fraction of sp³-hybridized carbons (Fsp3) is 0.441. The number of aromatic nitrogens is 9. The Hall–Kier alpha value is -4.66. The highest BCUT2D eigenvalue weighted by Crippen LogP contribution is 2.35. The summed E-state index contributed by atoms with van der Waals surface area (Å²) in [5.41, 5.74) is 2.32. The van der Waals surface area contributed by atoms with Gasteiger partial charge in [-0.2, -0.15) is 5.10 Å². The highest BCUT2D eigenvalue weighted by molar-refractivity contribution is 6.32. The van der Waals surface area contributed by atoms with Crippen LogP contribution in [0.4, 0.5) is 11.6 Å². The molecule has 1 aromatic carbocycles. The molecule has 1 saturated carbocycles. The number of nitrogens with one attached hydrogen (secondary N) is 1. The average Bonchev–Trinajstić information content (AvgIpc) is 3.79. The zero-order valence-electron chi connectivity index (χ0n) is 27.9. The van der Waals surface area contributed by atoms with Gasteiger partial charge in [0.1, 0.15) is 36.8 Å². The van der Waals surface area contributed by atoms with Crippen molar-refractivity contribution < 1.29 is 14.6 Å². The molecular weight excluding hydrogens is 646 g/mol. The van der Waals surface area contributed by atoms with Crippen molar-refractivity contribution in [2.45, 2.75) is 83.3 Å². The number of aliphatic hydroxyl groups is 1. The van der Waals surface area contributed by atoms with Crippen molar-refractivity contribution >= 4 is 23.2 Å². The van der Waals surface area contributed by atoms with Gasteiger partial charge in [-0.25, -0.2) is 29.6 Å². The van der Waals surface area contributed by atoms with Gasteiger partial charge in [-0.15, -0.1) is 5.10 Å². The Labute approximate surface area is 290 Å². The summed E-state index contributed by atoms with van der Waals surface area (Å²) >= 11 is 6.47. The highest BCUT2D eigenvalue weighted by Gasteiger charge is 2.29. The van der Waals surface area contributed by atoms with Gasteiger partial charge in [0.15, 0.2) is 5.82 Å². The van der Waals surface area contributed by atoms with E-state index in [1.165, 1.54) is 6.33 Å². The van der Waals surface area contributed by atoms with Crippen LogP contribution in [0, 0.1) is 0 Å². The Morgan fingerprint density at radius 1 is 1.08 bits per heavy atom. The summed E-state index contributed by atoms with van der Waals surface area (Å²) in [4.78, 5) is 24.1. The minimum absolute atomic E-state index is 0.169. The summed E-state index contributed by atoms with van der Waals surface area (Å²) in [7, 11) is 2.12. The minimum atomic E-state index is -0.181. The van der Waals surface area contributed by atoms with E-state index < -0.39 is 0 Å². The van der Waals surface area contributed by atoms with Gasteiger partial charge in [-0.1, -0.05) is 24.6 Å². The van der Waals surface area contributed by atoms with E-state index in [9.17, 15) is 5.11 Å². The molecule has 15 heteroatoms. The number of hydrogen-bond acceptors (Lipinski definition) is 12. The monoisotopic (exact) mass is 687 g/mol. The Morgan fingerprint density at radius 3 is 2.55 bits per heavy atom. The van der Waals surface area contributed by atoms with Gasteiger partial charge in [0.05, 0.1) is 30.4 Å². The lowest BCUT2D eigenvalue weighted by Gasteiger charge is -2.38. The maximum absolute atomic E-state index is 9.79. The summed E-state index contributed by atoms with van der Waals surface area (Å²) in [6, 6.07) is 8.19. The normalized spacial score (nSPS) is 17.5. The molecule has 4 heterocycles. The summed E-state index contributed by atoms with van der Waals surface area (Å²) in [6.45, 7) is 4.95. The van der Waals surface area contributed by atoms with E-state index in [1.54, 1.807) is 47.9 Å². The summed E-state index contributed by atoms with van der Waals surface area (Å²) in [6.07, 6.45) is 16.7. The minimum Gasteiger partial charge on any atom is -0.487 e. The second-order valence-corrected chi connectivity index (χ2v) is 12.7. The van der Waals surface area contributed by atoms with E-state index in [0.29, 0.717) is 46.7 Å². The first-order valence-electron chi connectivity index (χ1n) is 16.6. The smallest absolute Gasteiger partial charge is 0.257 e. The van der Waals surface area contributed by atoms with Crippen LogP contribution in [0.2, 0.25) is 5.02 Å². The first-order chi connectivity index (χ1) is 23.9.